The van der Waals surface area contributed by atoms with Gasteiger partial charge in [-0.15, -0.1) is 0 Å². The number of ether oxygens (including phenoxy) is 2. The van der Waals surface area contributed by atoms with Crippen LogP contribution in [0.5, 0.6) is 11.5 Å². The van der Waals surface area contributed by atoms with Gasteiger partial charge in [0.15, 0.2) is 0 Å². The zero-order valence-corrected chi connectivity index (χ0v) is 15.3. The lowest BCUT2D eigenvalue weighted by molar-refractivity contribution is -0.117. The molecule has 8 heteroatoms. The van der Waals surface area contributed by atoms with E-state index in [1.54, 1.807) is 36.4 Å². The lowest BCUT2D eigenvalue weighted by atomic mass is 10.1. The van der Waals surface area contributed by atoms with Gasteiger partial charge in [-0.3, -0.25) is 9.59 Å². The zero-order chi connectivity index (χ0) is 20.1. The van der Waals surface area contributed by atoms with Crippen LogP contribution in [0.15, 0.2) is 59.4 Å². The second-order valence-electron chi connectivity index (χ2n) is 5.84. The van der Waals surface area contributed by atoms with Gasteiger partial charge in [-0.1, -0.05) is 12.1 Å². The molecule has 0 fully saturated rings. The summed E-state index contributed by atoms with van der Waals surface area (Å²) in [5.41, 5.74) is 0.473. The lowest BCUT2D eigenvalue weighted by Gasteiger charge is -2.11. The molecule has 0 radical (unpaired) electrons. The highest BCUT2D eigenvalue weighted by Gasteiger charge is 2.11. The molecule has 0 bridgehead atoms. The van der Waals surface area contributed by atoms with Gasteiger partial charge in [0.1, 0.15) is 23.9 Å². The zero-order valence-electron chi connectivity index (χ0n) is 15.3. The van der Waals surface area contributed by atoms with Crippen molar-refractivity contribution in [1.29, 1.82) is 0 Å². The van der Waals surface area contributed by atoms with E-state index in [1.165, 1.54) is 32.4 Å². The van der Waals surface area contributed by atoms with Gasteiger partial charge < -0.3 is 14.8 Å². The van der Waals surface area contributed by atoms with Crippen LogP contribution in [0.2, 0.25) is 0 Å². The Kier molecular flexibility index (Phi) is 5.69. The number of carbonyl (C=O) groups is 1. The molecule has 3 rings (SSSR count). The predicted molar refractivity (Wildman–Crippen MR) is 102 cm³/mol. The van der Waals surface area contributed by atoms with E-state index in [1.807, 2.05) is 0 Å². The monoisotopic (exact) mass is 383 g/mol. The van der Waals surface area contributed by atoms with Crippen molar-refractivity contribution in [2.24, 2.45) is 0 Å². The lowest BCUT2D eigenvalue weighted by Crippen LogP contribution is -2.29. The molecule has 0 aliphatic rings. The number of hydrogen-bond donors (Lipinski definition) is 1. The fourth-order valence-electron chi connectivity index (χ4n) is 2.59. The number of methoxy groups -OCH3 is 2. The van der Waals surface area contributed by atoms with Crippen LogP contribution in [0.4, 0.5) is 10.1 Å². The van der Waals surface area contributed by atoms with Crippen LogP contribution < -0.4 is 20.3 Å². The minimum Gasteiger partial charge on any atom is -0.497 e. The second-order valence-corrected chi connectivity index (χ2v) is 5.84. The Morgan fingerprint density at radius 1 is 1.07 bits per heavy atom. The molecule has 0 aliphatic heterocycles. The van der Waals surface area contributed by atoms with E-state index in [2.05, 4.69) is 10.4 Å². The van der Waals surface area contributed by atoms with Crippen molar-refractivity contribution in [1.82, 2.24) is 9.78 Å². The van der Waals surface area contributed by atoms with Crippen LogP contribution in [-0.4, -0.2) is 29.9 Å². The standard InChI is InChI=1S/C20H18FN3O4/c1-27-14-9-13(10-15(11-14)28-2)22-19(25)12-24-20(26)8-7-18(23-24)16-5-3-4-6-17(16)21/h3-11H,12H2,1-2H3,(H,22,25). The highest BCUT2D eigenvalue weighted by Crippen LogP contribution is 2.25. The summed E-state index contributed by atoms with van der Waals surface area (Å²) in [6.07, 6.45) is 0. The molecule has 1 amide bonds. The summed E-state index contributed by atoms with van der Waals surface area (Å²) in [4.78, 5) is 24.4. The van der Waals surface area contributed by atoms with Crippen LogP contribution in [0.1, 0.15) is 0 Å². The average Bonchev–Trinajstić information content (AvgIpc) is 2.69. The molecule has 0 aliphatic carbocycles. The van der Waals surface area contributed by atoms with Crippen molar-refractivity contribution >= 4 is 11.6 Å². The third-order valence-corrected chi connectivity index (χ3v) is 3.95. The molecule has 1 N–H and O–H groups in total. The first-order valence-electron chi connectivity index (χ1n) is 8.36. The fraction of sp³-hybridized carbons (Fsp3) is 0.150. The summed E-state index contributed by atoms with van der Waals surface area (Å²) >= 11 is 0. The van der Waals surface area contributed by atoms with Crippen LogP contribution >= 0.6 is 0 Å². The molecule has 0 saturated heterocycles. The van der Waals surface area contributed by atoms with Crippen molar-refractivity contribution in [3.8, 4) is 22.8 Å². The van der Waals surface area contributed by atoms with Gasteiger partial charge in [-0.05, 0) is 18.2 Å². The Morgan fingerprint density at radius 2 is 1.75 bits per heavy atom. The molecular formula is C20H18FN3O4. The molecule has 7 nitrogen and oxygen atoms in total. The number of rotatable bonds is 6. The smallest absolute Gasteiger partial charge is 0.267 e. The maximum absolute atomic E-state index is 14.0. The normalized spacial score (nSPS) is 10.4. The minimum atomic E-state index is -0.476. The molecule has 0 spiro atoms. The number of aromatic nitrogens is 2. The number of hydrogen-bond acceptors (Lipinski definition) is 5. The largest absolute Gasteiger partial charge is 0.497 e. The first-order valence-corrected chi connectivity index (χ1v) is 8.36. The number of nitrogens with one attached hydrogen (secondary N) is 1. The average molecular weight is 383 g/mol. The summed E-state index contributed by atoms with van der Waals surface area (Å²) in [7, 11) is 3.00. The third kappa shape index (κ3) is 4.35. The first kappa shape index (κ1) is 19.1. The molecule has 3 aromatic rings. The molecule has 1 heterocycles. The quantitative estimate of drug-likeness (QED) is 0.708. The number of anilines is 1. The fourth-order valence-corrected chi connectivity index (χ4v) is 2.59. The summed E-state index contributed by atoms with van der Waals surface area (Å²) < 4.78 is 25.3. The molecule has 28 heavy (non-hydrogen) atoms. The van der Waals surface area contributed by atoms with Crippen molar-refractivity contribution < 1.29 is 18.7 Å². The van der Waals surface area contributed by atoms with Crippen LogP contribution in [0.25, 0.3) is 11.3 Å². The van der Waals surface area contributed by atoms with Gasteiger partial charge in [0.25, 0.3) is 5.56 Å². The molecule has 0 saturated carbocycles. The molecule has 144 valence electrons. The molecule has 1 aromatic heterocycles. The Labute approximate surface area is 160 Å². The number of halogens is 1. The third-order valence-electron chi connectivity index (χ3n) is 3.95. The van der Waals surface area contributed by atoms with E-state index in [-0.39, 0.29) is 17.8 Å². The van der Waals surface area contributed by atoms with E-state index >= 15 is 0 Å². The second kappa shape index (κ2) is 8.34. The first-order chi connectivity index (χ1) is 13.5. The van der Waals surface area contributed by atoms with Crippen molar-refractivity contribution in [3.63, 3.8) is 0 Å². The van der Waals surface area contributed by atoms with E-state index in [9.17, 15) is 14.0 Å². The van der Waals surface area contributed by atoms with Gasteiger partial charge in [0, 0.05) is 35.5 Å². The number of carbonyl (C=O) groups excluding carboxylic acids is 1. The summed E-state index contributed by atoms with van der Waals surface area (Å²) in [6.45, 7) is -0.333. The van der Waals surface area contributed by atoms with Gasteiger partial charge in [0.05, 0.1) is 19.9 Å². The van der Waals surface area contributed by atoms with E-state index < -0.39 is 17.3 Å². The minimum absolute atomic E-state index is 0.245. The van der Waals surface area contributed by atoms with Gasteiger partial charge >= 0.3 is 0 Å². The van der Waals surface area contributed by atoms with Gasteiger partial charge in [-0.25, -0.2) is 9.07 Å². The maximum atomic E-state index is 14.0. The number of nitrogens with zero attached hydrogens (tertiary/aromatic N) is 2. The highest BCUT2D eigenvalue weighted by molar-refractivity contribution is 5.91. The summed E-state index contributed by atoms with van der Waals surface area (Å²) in [5.74, 6) is 0.0710. The predicted octanol–water partition coefficient (Wildman–Crippen LogP) is 2.71. The van der Waals surface area contributed by atoms with E-state index in [0.717, 1.165) is 4.68 Å². The number of benzene rings is 2. The molecule has 0 atom stereocenters. The van der Waals surface area contributed by atoms with E-state index in [4.69, 9.17) is 9.47 Å². The summed E-state index contributed by atoms with van der Waals surface area (Å²) in [5, 5.41) is 6.77. The van der Waals surface area contributed by atoms with Gasteiger partial charge in [-0.2, -0.15) is 5.10 Å². The van der Waals surface area contributed by atoms with Crippen molar-refractivity contribution in [3.05, 3.63) is 70.8 Å². The van der Waals surface area contributed by atoms with E-state index in [0.29, 0.717) is 17.2 Å². The van der Waals surface area contributed by atoms with Crippen LogP contribution in [0, 0.1) is 5.82 Å². The van der Waals surface area contributed by atoms with Gasteiger partial charge in [0.2, 0.25) is 5.91 Å². The number of amides is 1. The molecular weight excluding hydrogens is 365 g/mol. The van der Waals surface area contributed by atoms with Crippen molar-refractivity contribution in [2.75, 3.05) is 19.5 Å². The molecule has 0 unspecified atom stereocenters. The Balaban J connectivity index is 1.82. The highest BCUT2D eigenvalue weighted by atomic mass is 19.1. The topological polar surface area (TPSA) is 82.5 Å². The SMILES string of the molecule is COc1cc(NC(=O)Cn2nc(-c3ccccc3F)ccc2=O)cc(OC)c1. The van der Waals surface area contributed by atoms with Crippen LogP contribution in [-0.2, 0) is 11.3 Å². The van der Waals surface area contributed by atoms with Crippen molar-refractivity contribution in [2.45, 2.75) is 6.54 Å². The molecule has 2 aromatic carbocycles. The van der Waals surface area contributed by atoms with Crippen LogP contribution in [0.3, 0.4) is 0 Å². The Morgan fingerprint density at radius 3 is 2.39 bits per heavy atom. The summed E-state index contributed by atoms with van der Waals surface area (Å²) in [6, 6.07) is 13.6. The maximum Gasteiger partial charge on any atom is 0.267 e. The Hall–Kier alpha value is -3.68. The Bertz CT molecular complexity index is 1040.